The number of aliphatic hydroxyl groups excluding tert-OH is 1. The first kappa shape index (κ1) is 74.7. The molecule has 1 amide bonds. The molecule has 0 aromatic rings. The summed E-state index contributed by atoms with van der Waals surface area (Å²) in [7, 11) is 1.63. The van der Waals surface area contributed by atoms with E-state index in [9.17, 15) is 19.4 Å². The highest BCUT2D eigenvalue weighted by atomic mass is 31.2. The molecule has 0 saturated carbocycles. The summed E-state index contributed by atoms with van der Waals surface area (Å²) in [6, 6.07) is -0.757. The van der Waals surface area contributed by atoms with Crippen LogP contribution in [0.4, 0.5) is 0 Å². The summed E-state index contributed by atoms with van der Waals surface area (Å²) in [4.78, 5) is 23.3. The van der Waals surface area contributed by atoms with Crippen molar-refractivity contribution in [2.24, 2.45) is 0 Å². The van der Waals surface area contributed by atoms with Crippen LogP contribution in [-0.4, -0.2) is 73.4 Å². The summed E-state index contributed by atoms with van der Waals surface area (Å²) in [5.74, 6) is -0.138. The number of quaternary nitrogens is 1. The van der Waals surface area contributed by atoms with Crippen LogP contribution in [0.2, 0.25) is 0 Å². The minimum atomic E-state index is -4.32. The number of amides is 1. The fraction of sp³-hybridized carbons (Fsp3) is 0.896. The van der Waals surface area contributed by atoms with Crippen LogP contribution in [0, 0.1) is 0 Å². The molecule has 0 aliphatic carbocycles. The van der Waals surface area contributed by atoms with Crippen molar-refractivity contribution in [3.63, 3.8) is 0 Å². The van der Waals surface area contributed by atoms with Gasteiger partial charge in [0, 0.05) is 6.42 Å². The van der Waals surface area contributed by atoms with Crippen LogP contribution in [0.25, 0.3) is 0 Å². The molecule has 8 nitrogen and oxygen atoms in total. The van der Waals surface area contributed by atoms with Gasteiger partial charge in [-0.15, -0.1) is 0 Å². The number of unbranched alkanes of at least 4 members (excludes halogenated alkanes) is 43. The Balaban J connectivity index is 3.81. The normalized spacial score (nSPS) is 13.9. The maximum absolute atomic E-state index is 13.0. The minimum Gasteiger partial charge on any atom is -0.391 e. The van der Waals surface area contributed by atoms with Gasteiger partial charge in [-0.05, 0) is 51.4 Å². The molecule has 3 atom stereocenters. The second kappa shape index (κ2) is 58.4. The molecule has 0 aromatic heterocycles. The lowest BCUT2D eigenvalue weighted by Crippen LogP contribution is -2.46. The van der Waals surface area contributed by atoms with Crippen molar-refractivity contribution in [3.05, 3.63) is 36.5 Å². The molecule has 0 aromatic carbocycles. The molecule has 0 aliphatic rings. The topological polar surface area (TPSA) is 105 Å². The van der Waals surface area contributed by atoms with Gasteiger partial charge in [0.15, 0.2) is 0 Å². The third-order valence-electron chi connectivity index (χ3n) is 15.4. The molecule has 3 unspecified atom stereocenters. The Kier molecular flexibility index (Phi) is 57.4. The van der Waals surface area contributed by atoms with Gasteiger partial charge in [0.05, 0.1) is 39.9 Å². The molecular formula is C67H132N2O6P+. The van der Waals surface area contributed by atoms with Gasteiger partial charge in [-0.2, -0.15) is 0 Å². The Labute approximate surface area is 474 Å². The van der Waals surface area contributed by atoms with Gasteiger partial charge < -0.3 is 19.8 Å². The molecule has 0 saturated heterocycles. The van der Waals surface area contributed by atoms with E-state index < -0.39 is 20.0 Å². The molecule has 76 heavy (non-hydrogen) atoms. The van der Waals surface area contributed by atoms with Crippen molar-refractivity contribution < 1.29 is 32.9 Å². The summed E-state index contributed by atoms with van der Waals surface area (Å²) < 4.78 is 23.8. The number of carbonyl (C=O) groups is 1. The van der Waals surface area contributed by atoms with Crippen LogP contribution < -0.4 is 5.32 Å². The number of phosphoric ester groups is 1. The third-order valence-corrected chi connectivity index (χ3v) is 16.4. The molecule has 0 rings (SSSR count). The lowest BCUT2D eigenvalue weighted by atomic mass is 10.0. The van der Waals surface area contributed by atoms with Gasteiger partial charge in [-0.25, -0.2) is 4.57 Å². The average molecular weight is 1090 g/mol. The molecule has 0 aliphatic heterocycles. The number of rotatable bonds is 62. The molecule has 0 bridgehead atoms. The molecule has 9 heteroatoms. The highest BCUT2D eigenvalue weighted by Gasteiger charge is 2.28. The van der Waals surface area contributed by atoms with Gasteiger partial charge in [0.2, 0.25) is 5.91 Å². The number of hydrogen-bond donors (Lipinski definition) is 3. The van der Waals surface area contributed by atoms with E-state index in [2.05, 4.69) is 55.6 Å². The van der Waals surface area contributed by atoms with Crippen molar-refractivity contribution in [2.45, 2.75) is 347 Å². The number of allylic oxidation sites excluding steroid dienone is 6. The van der Waals surface area contributed by atoms with Crippen molar-refractivity contribution in [1.29, 1.82) is 0 Å². The third kappa shape index (κ3) is 60.4. The summed E-state index contributed by atoms with van der Waals surface area (Å²) in [6.45, 7) is 4.91. The maximum atomic E-state index is 13.0. The SMILES string of the molecule is CCCCCCC/C=C\C/C=C\C/C=C\CCCCCCCCCCCCCCCCCCCCCCCCCCCCC(=O)NC(COP(=O)(O)OCC[N+](C)(C)C)C(O)CCCCCCCCCCCCCCC. The lowest BCUT2D eigenvalue weighted by Gasteiger charge is -2.26. The standard InChI is InChI=1S/C67H131N2O6P/c1-6-8-10-12-14-16-18-20-21-22-23-24-25-26-27-28-29-30-31-32-33-34-35-36-37-38-39-40-41-42-43-44-45-46-47-49-51-53-55-57-59-61-67(71)68-65(64-75-76(72,73)74-63-62-69(3,4)5)66(70)60-58-56-54-52-50-48-19-17-15-13-11-9-7-2/h18,20,22-23,25-26,65-66,70H,6-17,19,21,24,27-64H2,1-5H3,(H-,68,71,72,73)/p+1/b20-18-,23-22-,26-25-. The zero-order chi connectivity index (χ0) is 55.6. The Hall–Kier alpha value is -1.28. The van der Waals surface area contributed by atoms with Crippen LogP contribution in [0.1, 0.15) is 335 Å². The lowest BCUT2D eigenvalue weighted by molar-refractivity contribution is -0.870. The second-order valence-electron chi connectivity index (χ2n) is 24.2. The predicted octanol–water partition coefficient (Wildman–Crippen LogP) is 20.9. The number of nitrogens with zero attached hydrogens (tertiary/aromatic N) is 1. The fourth-order valence-electron chi connectivity index (χ4n) is 10.2. The first-order chi connectivity index (χ1) is 37.0. The average Bonchev–Trinajstić information content (AvgIpc) is 3.38. The van der Waals surface area contributed by atoms with Crippen LogP contribution in [-0.2, 0) is 18.4 Å². The van der Waals surface area contributed by atoms with E-state index in [0.29, 0.717) is 23.9 Å². The highest BCUT2D eigenvalue weighted by Crippen LogP contribution is 2.43. The Morgan fingerprint density at radius 3 is 1.09 bits per heavy atom. The maximum Gasteiger partial charge on any atom is 0.472 e. The van der Waals surface area contributed by atoms with E-state index in [4.69, 9.17) is 9.05 Å². The molecule has 450 valence electrons. The molecule has 0 spiro atoms. The molecule has 0 fully saturated rings. The van der Waals surface area contributed by atoms with Crippen molar-refractivity contribution >= 4 is 13.7 Å². The van der Waals surface area contributed by atoms with Gasteiger partial charge in [-0.3, -0.25) is 13.8 Å². The largest absolute Gasteiger partial charge is 0.472 e. The van der Waals surface area contributed by atoms with Gasteiger partial charge in [-0.1, -0.05) is 314 Å². The Morgan fingerprint density at radius 2 is 0.750 bits per heavy atom. The Bertz CT molecular complexity index is 1330. The van der Waals surface area contributed by atoms with E-state index in [1.54, 1.807) is 0 Å². The zero-order valence-corrected chi connectivity index (χ0v) is 52.4. The first-order valence-electron chi connectivity index (χ1n) is 33.4. The van der Waals surface area contributed by atoms with E-state index >= 15 is 0 Å². The van der Waals surface area contributed by atoms with Crippen LogP contribution in [0.15, 0.2) is 36.5 Å². The molecular weight excluding hydrogens is 960 g/mol. The first-order valence-corrected chi connectivity index (χ1v) is 34.8. The van der Waals surface area contributed by atoms with Gasteiger partial charge >= 0.3 is 7.82 Å². The molecule has 0 heterocycles. The van der Waals surface area contributed by atoms with Crippen molar-refractivity contribution in [3.8, 4) is 0 Å². The monoisotopic (exact) mass is 1090 g/mol. The number of nitrogens with one attached hydrogen (secondary N) is 1. The predicted molar refractivity (Wildman–Crippen MR) is 332 cm³/mol. The number of likely N-dealkylation sites (N-methyl/N-ethyl adjacent to an activating group) is 1. The quantitative estimate of drug-likeness (QED) is 0.0243. The minimum absolute atomic E-state index is 0.0771. The van der Waals surface area contributed by atoms with Crippen molar-refractivity contribution in [2.75, 3.05) is 40.9 Å². The van der Waals surface area contributed by atoms with Crippen LogP contribution in [0.3, 0.4) is 0 Å². The van der Waals surface area contributed by atoms with E-state index in [-0.39, 0.29) is 19.1 Å². The number of aliphatic hydroxyl groups is 1. The molecule has 0 radical (unpaired) electrons. The Morgan fingerprint density at radius 1 is 0.447 bits per heavy atom. The summed E-state index contributed by atoms with van der Waals surface area (Å²) in [5, 5.41) is 14.1. The van der Waals surface area contributed by atoms with Crippen LogP contribution in [0.5, 0.6) is 0 Å². The van der Waals surface area contributed by atoms with E-state index in [0.717, 1.165) is 51.4 Å². The number of carbonyl (C=O) groups excluding carboxylic acids is 1. The van der Waals surface area contributed by atoms with Gasteiger partial charge in [0.25, 0.3) is 0 Å². The van der Waals surface area contributed by atoms with Crippen LogP contribution >= 0.6 is 7.82 Å². The summed E-state index contributed by atoms with van der Waals surface area (Å²) in [6.07, 6.45) is 76.8. The smallest absolute Gasteiger partial charge is 0.391 e. The summed E-state index contributed by atoms with van der Waals surface area (Å²) >= 11 is 0. The molecule has 3 N–H and O–H groups in total. The highest BCUT2D eigenvalue weighted by molar-refractivity contribution is 7.47. The fourth-order valence-corrected chi connectivity index (χ4v) is 10.9. The summed E-state index contributed by atoms with van der Waals surface area (Å²) in [5.41, 5.74) is 0. The number of phosphoric acid groups is 1. The van der Waals surface area contributed by atoms with Gasteiger partial charge in [0.1, 0.15) is 13.2 Å². The zero-order valence-electron chi connectivity index (χ0n) is 51.5. The van der Waals surface area contributed by atoms with E-state index in [1.807, 2.05) is 21.1 Å². The van der Waals surface area contributed by atoms with E-state index in [1.165, 1.54) is 257 Å². The van der Waals surface area contributed by atoms with Crippen molar-refractivity contribution in [1.82, 2.24) is 5.32 Å². The second-order valence-corrected chi connectivity index (χ2v) is 25.7. The number of hydrogen-bond acceptors (Lipinski definition) is 5.